The minimum absolute atomic E-state index is 0.801. The van der Waals surface area contributed by atoms with Crippen molar-refractivity contribution in [3.8, 4) is 10.7 Å². The summed E-state index contributed by atoms with van der Waals surface area (Å²) in [6, 6.07) is 6.05. The van der Waals surface area contributed by atoms with Gasteiger partial charge in [-0.3, -0.25) is 0 Å². The summed E-state index contributed by atoms with van der Waals surface area (Å²) in [4.78, 5) is 11.1. The van der Waals surface area contributed by atoms with Gasteiger partial charge in [-0.1, -0.05) is 0 Å². The molecule has 0 aliphatic rings. The van der Waals surface area contributed by atoms with Crippen LogP contribution >= 0.6 is 27.3 Å². The van der Waals surface area contributed by atoms with Crippen LogP contribution in [0.2, 0.25) is 0 Å². The quantitative estimate of drug-likeness (QED) is 0.739. The standard InChI is InChI=1S/C10H9BrN2S/c1-6-5-9(11)13-10(12-6)8-4-3-7(2)14-8/h3-5H,1-2H3. The molecule has 0 aliphatic heterocycles. The van der Waals surface area contributed by atoms with E-state index in [0.717, 1.165) is 21.0 Å². The van der Waals surface area contributed by atoms with Gasteiger partial charge >= 0.3 is 0 Å². The van der Waals surface area contributed by atoms with Crippen LogP contribution in [-0.2, 0) is 0 Å². The maximum Gasteiger partial charge on any atom is 0.170 e. The van der Waals surface area contributed by atoms with E-state index in [0.29, 0.717) is 0 Å². The lowest BCUT2D eigenvalue weighted by molar-refractivity contribution is 1.10. The van der Waals surface area contributed by atoms with E-state index in [1.54, 1.807) is 11.3 Å². The van der Waals surface area contributed by atoms with Crippen LogP contribution in [0, 0.1) is 13.8 Å². The summed E-state index contributed by atoms with van der Waals surface area (Å²) < 4.78 is 0.839. The Hall–Kier alpha value is -0.740. The number of halogens is 1. The summed E-state index contributed by atoms with van der Waals surface area (Å²) in [7, 11) is 0. The third-order valence-electron chi connectivity index (χ3n) is 1.78. The number of rotatable bonds is 1. The van der Waals surface area contributed by atoms with Gasteiger partial charge in [-0.2, -0.15) is 0 Å². The van der Waals surface area contributed by atoms with Crippen LogP contribution in [0.4, 0.5) is 0 Å². The Morgan fingerprint density at radius 3 is 2.57 bits per heavy atom. The molecule has 0 saturated heterocycles. The van der Waals surface area contributed by atoms with Crippen LogP contribution in [0.1, 0.15) is 10.6 Å². The molecule has 2 nitrogen and oxygen atoms in total. The Kier molecular flexibility index (Phi) is 2.65. The fourth-order valence-electron chi connectivity index (χ4n) is 1.20. The Balaban J connectivity index is 2.51. The van der Waals surface area contributed by atoms with Crippen molar-refractivity contribution in [3.63, 3.8) is 0 Å². The molecule has 4 heteroatoms. The molecule has 0 fully saturated rings. The van der Waals surface area contributed by atoms with Crippen molar-refractivity contribution < 1.29 is 0 Å². The van der Waals surface area contributed by atoms with E-state index in [4.69, 9.17) is 0 Å². The van der Waals surface area contributed by atoms with Gasteiger partial charge < -0.3 is 0 Å². The predicted octanol–water partition coefficient (Wildman–Crippen LogP) is 3.58. The third kappa shape index (κ3) is 2.01. The second-order valence-electron chi connectivity index (χ2n) is 3.07. The summed E-state index contributed by atoms with van der Waals surface area (Å²) in [6.45, 7) is 4.05. The molecular weight excluding hydrogens is 260 g/mol. The van der Waals surface area contributed by atoms with Gasteiger partial charge in [0, 0.05) is 10.6 Å². The molecule has 2 heterocycles. The van der Waals surface area contributed by atoms with Crippen LogP contribution < -0.4 is 0 Å². The molecule has 72 valence electrons. The molecule has 0 aromatic carbocycles. The Morgan fingerprint density at radius 2 is 2.00 bits per heavy atom. The monoisotopic (exact) mass is 268 g/mol. The first-order chi connectivity index (χ1) is 6.65. The van der Waals surface area contributed by atoms with Crippen molar-refractivity contribution in [2.45, 2.75) is 13.8 Å². The minimum Gasteiger partial charge on any atom is -0.233 e. The van der Waals surface area contributed by atoms with Crippen molar-refractivity contribution in [1.29, 1.82) is 0 Å². The zero-order valence-electron chi connectivity index (χ0n) is 7.91. The Bertz CT molecular complexity index is 445. The highest BCUT2D eigenvalue weighted by Gasteiger charge is 2.05. The van der Waals surface area contributed by atoms with Crippen LogP contribution in [0.15, 0.2) is 22.8 Å². The molecule has 0 atom stereocenters. The van der Waals surface area contributed by atoms with Gasteiger partial charge in [0.05, 0.1) is 4.88 Å². The minimum atomic E-state index is 0.801. The molecule has 0 radical (unpaired) electrons. The highest BCUT2D eigenvalue weighted by atomic mass is 79.9. The molecule has 2 aromatic rings. The Morgan fingerprint density at radius 1 is 1.21 bits per heavy atom. The SMILES string of the molecule is Cc1cc(Br)nc(-c2ccc(C)s2)n1. The van der Waals surface area contributed by atoms with Crippen molar-refractivity contribution in [2.24, 2.45) is 0 Å². The molecule has 0 aliphatic carbocycles. The Labute approximate surface area is 95.2 Å². The number of hydrogen-bond acceptors (Lipinski definition) is 3. The van der Waals surface area contributed by atoms with E-state index in [1.807, 2.05) is 13.0 Å². The van der Waals surface area contributed by atoms with Crippen LogP contribution in [0.3, 0.4) is 0 Å². The number of thiophene rings is 1. The molecular formula is C10H9BrN2S. The molecule has 0 unspecified atom stereocenters. The second kappa shape index (κ2) is 3.79. The van der Waals surface area contributed by atoms with Gasteiger partial charge in [0.1, 0.15) is 4.60 Å². The first-order valence-corrected chi connectivity index (χ1v) is 5.84. The van der Waals surface area contributed by atoms with Crippen LogP contribution in [0.5, 0.6) is 0 Å². The fraction of sp³-hybridized carbons (Fsp3) is 0.200. The van der Waals surface area contributed by atoms with E-state index < -0.39 is 0 Å². The predicted molar refractivity (Wildman–Crippen MR) is 62.5 cm³/mol. The van der Waals surface area contributed by atoms with Crippen LogP contribution in [-0.4, -0.2) is 9.97 Å². The highest BCUT2D eigenvalue weighted by molar-refractivity contribution is 9.10. The first-order valence-electron chi connectivity index (χ1n) is 4.23. The van der Waals surface area contributed by atoms with Gasteiger partial charge in [-0.25, -0.2) is 9.97 Å². The van der Waals surface area contributed by atoms with Crippen molar-refractivity contribution in [2.75, 3.05) is 0 Å². The summed E-state index contributed by atoms with van der Waals surface area (Å²) in [5, 5.41) is 0. The van der Waals surface area contributed by atoms with E-state index in [9.17, 15) is 0 Å². The van der Waals surface area contributed by atoms with Crippen molar-refractivity contribution in [1.82, 2.24) is 9.97 Å². The average Bonchev–Trinajstić information content (AvgIpc) is 2.50. The van der Waals surface area contributed by atoms with Gasteiger partial charge in [0.25, 0.3) is 0 Å². The fourth-order valence-corrected chi connectivity index (χ4v) is 2.50. The van der Waals surface area contributed by atoms with Crippen molar-refractivity contribution in [3.05, 3.63) is 33.4 Å². The maximum absolute atomic E-state index is 4.39. The molecule has 0 bridgehead atoms. The lowest BCUT2D eigenvalue weighted by Crippen LogP contribution is -1.90. The summed E-state index contributed by atoms with van der Waals surface area (Å²) in [6.07, 6.45) is 0. The van der Waals surface area contributed by atoms with Crippen LogP contribution in [0.25, 0.3) is 10.7 Å². The first kappa shape index (κ1) is 9.80. The molecule has 0 amide bonds. The van der Waals surface area contributed by atoms with Gasteiger partial charge in [0.2, 0.25) is 0 Å². The average molecular weight is 269 g/mol. The molecule has 2 aromatic heterocycles. The lowest BCUT2D eigenvalue weighted by atomic mass is 10.4. The summed E-state index contributed by atoms with van der Waals surface area (Å²) in [5.41, 5.74) is 0.980. The topological polar surface area (TPSA) is 25.8 Å². The van der Waals surface area contributed by atoms with Gasteiger partial charge in [0.15, 0.2) is 5.82 Å². The summed E-state index contributed by atoms with van der Waals surface area (Å²) in [5.74, 6) is 0.801. The lowest BCUT2D eigenvalue weighted by Gasteiger charge is -1.98. The van der Waals surface area contributed by atoms with Crippen molar-refractivity contribution >= 4 is 27.3 Å². The summed E-state index contributed by atoms with van der Waals surface area (Å²) >= 11 is 5.08. The van der Waals surface area contributed by atoms with E-state index in [1.165, 1.54) is 4.88 Å². The zero-order chi connectivity index (χ0) is 10.1. The van der Waals surface area contributed by atoms with Gasteiger partial charge in [-0.05, 0) is 48.0 Å². The zero-order valence-corrected chi connectivity index (χ0v) is 10.3. The number of aryl methyl sites for hydroxylation is 2. The number of hydrogen-bond donors (Lipinski definition) is 0. The normalized spacial score (nSPS) is 10.5. The van der Waals surface area contributed by atoms with Gasteiger partial charge in [-0.15, -0.1) is 11.3 Å². The highest BCUT2D eigenvalue weighted by Crippen LogP contribution is 2.25. The number of aromatic nitrogens is 2. The number of nitrogens with zero attached hydrogens (tertiary/aromatic N) is 2. The largest absolute Gasteiger partial charge is 0.233 e. The molecule has 0 N–H and O–H groups in total. The smallest absolute Gasteiger partial charge is 0.170 e. The molecule has 0 saturated carbocycles. The molecule has 2 rings (SSSR count). The molecule has 0 spiro atoms. The second-order valence-corrected chi connectivity index (χ2v) is 5.17. The third-order valence-corrected chi connectivity index (χ3v) is 3.19. The van der Waals surface area contributed by atoms with E-state index >= 15 is 0 Å². The molecule has 14 heavy (non-hydrogen) atoms. The van der Waals surface area contributed by atoms with E-state index in [-0.39, 0.29) is 0 Å². The maximum atomic E-state index is 4.39. The van der Waals surface area contributed by atoms with E-state index in [2.05, 4.69) is 45.0 Å².